The van der Waals surface area contributed by atoms with Gasteiger partial charge in [0.15, 0.2) is 0 Å². The third kappa shape index (κ3) is 13.8. The van der Waals surface area contributed by atoms with Gasteiger partial charge in [-0.1, -0.05) is 135 Å². The molecule has 0 aliphatic heterocycles. The van der Waals surface area contributed by atoms with Gasteiger partial charge in [0.25, 0.3) is 0 Å². The molecule has 0 saturated heterocycles. The van der Waals surface area contributed by atoms with Crippen LogP contribution in [0.2, 0.25) is 0 Å². The summed E-state index contributed by atoms with van der Waals surface area (Å²) >= 11 is 0. The molecule has 1 aliphatic rings. The van der Waals surface area contributed by atoms with E-state index in [2.05, 4.69) is 0 Å². The molecule has 1 fully saturated rings. The van der Waals surface area contributed by atoms with E-state index in [1.54, 1.807) is 0 Å². The lowest BCUT2D eigenvalue weighted by atomic mass is 9.55. The van der Waals surface area contributed by atoms with E-state index in [-0.39, 0.29) is 38.0 Å². The molecule has 4 aromatic carbocycles. The lowest BCUT2D eigenvalue weighted by Gasteiger charge is -2.48. The van der Waals surface area contributed by atoms with Gasteiger partial charge in [-0.3, -0.25) is 28.8 Å². The average Bonchev–Trinajstić information content (AvgIpc) is 3.25. The first kappa shape index (κ1) is 48.7. The van der Waals surface area contributed by atoms with Crippen LogP contribution >= 0.6 is 0 Å². The maximum absolute atomic E-state index is 14.7. The third-order valence-electron chi connectivity index (χ3n) is 12.3. The zero-order chi connectivity index (χ0) is 46.2. The van der Waals surface area contributed by atoms with Gasteiger partial charge in [-0.25, -0.2) is 0 Å². The van der Waals surface area contributed by atoms with Crippen molar-refractivity contribution in [3.05, 3.63) is 144 Å². The second kappa shape index (κ2) is 24.0. The molecule has 5 rings (SSSR count). The second-order valence-corrected chi connectivity index (χ2v) is 17.2. The fraction of sp³-hybridized carbons (Fsp3) is 0.423. The Morgan fingerprint density at radius 3 is 1.06 bits per heavy atom. The molecule has 4 atom stereocenters. The molecule has 64 heavy (non-hydrogen) atoms. The SMILES string of the molecule is CC(=O)OC(CCCN(Cc1ccccc1)C(=O)[C@H]1[C@H](C(=O)O)[C@H](C(=O)N(CCCC(OC(C)=O)C(C)Cc2ccccc2)Cc2ccccc2)[C@H]1C(=O)O)C(C)Cc1ccccc1. The molecule has 12 nitrogen and oxygen atoms in total. The molecule has 1 saturated carbocycles. The van der Waals surface area contributed by atoms with Gasteiger partial charge in [0, 0.05) is 40.0 Å². The van der Waals surface area contributed by atoms with E-state index in [9.17, 15) is 39.0 Å². The molecule has 0 aromatic heterocycles. The topological polar surface area (TPSA) is 168 Å². The molecular weight excluding hydrogens is 813 g/mol. The first-order chi connectivity index (χ1) is 30.7. The summed E-state index contributed by atoms with van der Waals surface area (Å²) in [6.07, 6.45) is 1.94. The van der Waals surface area contributed by atoms with Crippen molar-refractivity contribution in [2.24, 2.45) is 35.5 Å². The minimum atomic E-state index is -1.60. The maximum atomic E-state index is 14.7. The van der Waals surface area contributed by atoms with Gasteiger partial charge in [-0.05, 0) is 72.6 Å². The van der Waals surface area contributed by atoms with Crippen LogP contribution in [-0.2, 0) is 64.2 Å². The zero-order valence-corrected chi connectivity index (χ0v) is 37.3. The van der Waals surface area contributed by atoms with Crippen molar-refractivity contribution in [3.8, 4) is 0 Å². The van der Waals surface area contributed by atoms with Gasteiger partial charge in [0.1, 0.15) is 12.2 Å². The number of carbonyl (C=O) groups excluding carboxylic acids is 4. The highest BCUT2D eigenvalue weighted by Gasteiger charge is 2.65. The number of rotatable bonds is 24. The van der Waals surface area contributed by atoms with Crippen molar-refractivity contribution in [2.45, 2.75) is 91.5 Å². The Morgan fingerprint density at radius 1 is 0.484 bits per heavy atom. The minimum absolute atomic E-state index is 0.0557. The van der Waals surface area contributed by atoms with E-state index >= 15 is 0 Å². The summed E-state index contributed by atoms with van der Waals surface area (Å²) in [6.45, 7) is 7.13. The van der Waals surface area contributed by atoms with Gasteiger partial charge < -0.3 is 29.5 Å². The summed E-state index contributed by atoms with van der Waals surface area (Å²) in [5.41, 5.74) is 3.69. The van der Waals surface area contributed by atoms with Crippen LogP contribution in [0.5, 0.6) is 0 Å². The molecule has 4 unspecified atom stereocenters. The predicted octanol–water partition coefficient (Wildman–Crippen LogP) is 7.87. The number of carboxylic acid groups (broad SMARTS) is 2. The van der Waals surface area contributed by atoms with Crippen LogP contribution in [0.1, 0.15) is 75.6 Å². The van der Waals surface area contributed by atoms with Crippen molar-refractivity contribution in [1.29, 1.82) is 0 Å². The third-order valence-corrected chi connectivity index (χ3v) is 12.3. The van der Waals surface area contributed by atoms with Crippen molar-refractivity contribution < 1.29 is 48.5 Å². The summed E-state index contributed by atoms with van der Waals surface area (Å²) in [4.78, 5) is 83.1. The maximum Gasteiger partial charge on any atom is 0.308 e. The van der Waals surface area contributed by atoms with Crippen molar-refractivity contribution in [3.63, 3.8) is 0 Å². The highest BCUT2D eigenvalue weighted by molar-refractivity contribution is 5.99. The van der Waals surface area contributed by atoms with E-state index in [1.807, 2.05) is 135 Å². The molecular formula is C52H62N2O10. The Bertz CT molecular complexity index is 1970. The Hall–Kier alpha value is -6.30. The van der Waals surface area contributed by atoms with E-state index < -0.39 is 71.6 Å². The van der Waals surface area contributed by atoms with E-state index in [0.717, 1.165) is 22.3 Å². The van der Waals surface area contributed by atoms with Crippen LogP contribution in [0.25, 0.3) is 0 Å². The van der Waals surface area contributed by atoms with Crippen LogP contribution in [0.4, 0.5) is 0 Å². The van der Waals surface area contributed by atoms with Crippen LogP contribution in [0.15, 0.2) is 121 Å². The smallest absolute Gasteiger partial charge is 0.308 e. The van der Waals surface area contributed by atoms with Crippen molar-refractivity contribution in [1.82, 2.24) is 9.80 Å². The number of esters is 2. The molecule has 0 radical (unpaired) electrons. The fourth-order valence-corrected chi connectivity index (χ4v) is 9.09. The van der Waals surface area contributed by atoms with Gasteiger partial charge in [0.05, 0.1) is 23.7 Å². The molecule has 12 heteroatoms. The molecule has 0 heterocycles. The standard InChI is InChI=1S/C52H62N2O10/c1-35(31-39-19-9-5-10-20-39)43(63-37(3)55)27-17-29-53(33-41-23-13-7-14-24-41)49(57)45-47(51(59)60)46(48(45)52(61)62)50(58)54(34-42-25-15-8-16-26-42)30-18-28-44(64-38(4)56)36(2)32-40-21-11-6-12-22-40/h5-16,19-26,35-36,43-48H,17-18,27-34H2,1-4H3,(H,59,60)(H,61,62)/t35?,36?,43?,44?,45-,46-,47-,48-. The van der Waals surface area contributed by atoms with Crippen molar-refractivity contribution in [2.75, 3.05) is 13.1 Å². The van der Waals surface area contributed by atoms with Gasteiger partial charge >= 0.3 is 23.9 Å². The predicted molar refractivity (Wildman–Crippen MR) is 241 cm³/mol. The van der Waals surface area contributed by atoms with E-state index in [1.165, 1.54) is 23.6 Å². The second-order valence-electron chi connectivity index (χ2n) is 17.2. The van der Waals surface area contributed by atoms with Gasteiger partial charge in [0.2, 0.25) is 11.8 Å². The molecule has 0 spiro atoms. The van der Waals surface area contributed by atoms with Crippen LogP contribution < -0.4 is 0 Å². The summed E-state index contributed by atoms with van der Waals surface area (Å²) < 4.78 is 11.5. The number of ether oxygens (including phenoxy) is 2. The number of amides is 2. The zero-order valence-electron chi connectivity index (χ0n) is 37.3. The average molecular weight is 875 g/mol. The molecule has 340 valence electrons. The Balaban J connectivity index is 1.37. The van der Waals surface area contributed by atoms with Crippen LogP contribution in [-0.4, -0.2) is 81.0 Å². The molecule has 1 aliphatic carbocycles. The summed E-state index contributed by atoms with van der Waals surface area (Å²) in [5.74, 6) is -11.4. The highest BCUT2D eigenvalue weighted by atomic mass is 16.5. The Labute approximate surface area is 376 Å². The highest BCUT2D eigenvalue weighted by Crippen LogP contribution is 2.49. The fourth-order valence-electron chi connectivity index (χ4n) is 9.09. The lowest BCUT2D eigenvalue weighted by Crippen LogP contribution is -2.64. The minimum Gasteiger partial charge on any atom is -0.481 e. The summed E-state index contributed by atoms with van der Waals surface area (Å²) in [5, 5.41) is 21.4. The van der Waals surface area contributed by atoms with Crippen LogP contribution in [0, 0.1) is 35.5 Å². The number of aliphatic carboxylic acids is 2. The summed E-state index contributed by atoms with van der Waals surface area (Å²) in [7, 11) is 0. The molecule has 2 N–H and O–H groups in total. The van der Waals surface area contributed by atoms with Gasteiger partial charge in [-0.2, -0.15) is 0 Å². The molecule has 2 amide bonds. The number of hydrogen-bond donors (Lipinski definition) is 2. The monoisotopic (exact) mass is 874 g/mol. The van der Waals surface area contributed by atoms with E-state index in [0.29, 0.717) is 38.5 Å². The molecule has 4 aromatic rings. The largest absolute Gasteiger partial charge is 0.481 e. The van der Waals surface area contributed by atoms with Crippen molar-refractivity contribution >= 4 is 35.7 Å². The number of nitrogens with zero attached hydrogens (tertiary/aromatic N) is 2. The number of carbonyl (C=O) groups is 6. The van der Waals surface area contributed by atoms with Gasteiger partial charge in [-0.15, -0.1) is 0 Å². The lowest BCUT2D eigenvalue weighted by molar-refractivity contribution is -0.187. The first-order valence-electron chi connectivity index (χ1n) is 22.3. The van der Waals surface area contributed by atoms with E-state index in [4.69, 9.17) is 9.47 Å². The normalized spacial score (nSPS) is 18.6. The summed E-state index contributed by atoms with van der Waals surface area (Å²) in [6, 6.07) is 37.9. The number of benzene rings is 4. The molecule has 0 bridgehead atoms. The Kier molecular flexibility index (Phi) is 18.2. The quantitative estimate of drug-likeness (QED) is 0.0662. The number of hydrogen-bond acceptors (Lipinski definition) is 8. The van der Waals surface area contributed by atoms with Crippen LogP contribution in [0.3, 0.4) is 0 Å². The number of carboxylic acids is 2. The first-order valence-corrected chi connectivity index (χ1v) is 22.3. The Morgan fingerprint density at radius 2 is 0.781 bits per heavy atom.